The van der Waals surface area contributed by atoms with Crippen molar-refractivity contribution in [1.82, 2.24) is 9.78 Å². The van der Waals surface area contributed by atoms with E-state index in [4.69, 9.17) is 5.73 Å². The number of nitrogens with zero attached hydrogens (tertiary/aromatic N) is 2. The summed E-state index contributed by atoms with van der Waals surface area (Å²) < 4.78 is 4.81. The lowest BCUT2D eigenvalue weighted by molar-refractivity contribution is 0.782. The van der Waals surface area contributed by atoms with Gasteiger partial charge in [-0.05, 0) is 55.6 Å². The van der Waals surface area contributed by atoms with Gasteiger partial charge in [0, 0.05) is 17.1 Å². The fourth-order valence-electron chi connectivity index (χ4n) is 2.16. The minimum Gasteiger partial charge on any atom is -0.383 e. The first-order chi connectivity index (χ1) is 9.97. The van der Waals surface area contributed by atoms with E-state index in [-0.39, 0.29) is 0 Å². The molecule has 3 nitrogen and oxygen atoms in total. The molecular weight excluding hydrogens is 482 g/mol. The largest absolute Gasteiger partial charge is 0.383 e. The quantitative estimate of drug-likeness (QED) is 0.500. The highest BCUT2D eigenvalue weighted by atomic mass is 79.9. The zero-order valence-electron chi connectivity index (χ0n) is 10.9. The van der Waals surface area contributed by atoms with E-state index < -0.39 is 0 Å². The lowest BCUT2D eigenvalue weighted by atomic mass is 10.0. The molecule has 1 aromatic carbocycles. The summed E-state index contributed by atoms with van der Waals surface area (Å²) in [5.41, 5.74) is 10.1. The van der Waals surface area contributed by atoms with Crippen LogP contribution in [0, 0.1) is 0 Å². The van der Waals surface area contributed by atoms with Crippen molar-refractivity contribution in [3.8, 4) is 22.4 Å². The molecule has 0 saturated heterocycles. The van der Waals surface area contributed by atoms with Crippen molar-refractivity contribution in [3.63, 3.8) is 0 Å². The number of aryl methyl sites for hydroxylation is 1. The molecule has 2 N–H and O–H groups in total. The predicted molar refractivity (Wildman–Crippen MR) is 99.5 cm³/mol. The van der Waals surface area contributed by atoms with E-state index in [9.17, 15) is 0 Å². The van der Waals surface area contributed by atoms with Crippen LogP contribution in [-0.4, -0.2) is 9.78 Å². The summed E-state index contributed by atoms with van der Waals surface area (Å²) in [4.78, 5) is 0. The second-order valence-corrected chi connectivity index (χ2v) is 9.15. The number of thiophene rings is 1. The molecule has 0 radical (unpaired) electrons. The Morgan fingerprint density at radius 3 is 2.57 bits per heavy atom. The first-order valence-electron chi connectivity index (χ1n) is 6.01. The van der Waals surface area contributed by atoms with Gasteiger partial charge in [-0.3, -0.25) is 4.68 Å². The summed E-state index contributed by atoms with van der Waals surface area (Å²) in [6, 6.07) is 10.1. The molecule has 7 heteroatoms. The van der Waals surface area contributed by atoms with Gasteiger partial charge in [-0.1, -0.05) is 28.1 Å². The normalized spacial score (nSPS) is 11.0. The van der Waals surface area contributed by atoms with Crippen LogP contribution >= 0.6 is 59.1 Å². The molecule has 0 unspecified atom stereocenters. The molecule has 2 heterocycles. The highest BCUT2D eigenvalue weighted by Gasteiger charge is 2.20. The Balaban J connectivity index is 2.28. The molecule has 0 atom stereocenters. The Morgan fingerprint density at radius 1 is 1.19 bits per heavy atom. The average molecular weight is 492 g/mol. The van der Waals surface area contributed by atoms with Gasteiger partial charge in [0.2, 0.25) is 0 Å². The zero-order valence-corrected chi connectivity index (χ0v) is 16.5. The van der Waals surface area contributed by atoms with Gasteiger partial charge in [0.15, 0.2) is 0 Å². The fraction of sp³-hybridized carbons (Fsp3) is 0.0714. The van der Waals surface area contributed by atoms with Gasteiger partial charge in [-0.15, -0.1) is 11.3 Å². The standard InChI is InChI=1S/C14H10Br3N3S/c1-20-14(18)11(7-3-2-4-8(15)5-7)12(19-20)9-6-10(16)21-13(9)17/h2-6H,18H2,1H3. The number of nitrogens with two attached hydrogens (primary N) is 1. The molecule has 0 spiro atoms. The summed E-state index contributed by atoms with van der Waals surface area (Å²) in [5, 5.41) is 4.59. The van der Waals surface area contributed by atoms with Gasteiger partial charge in [0.1, 0.15) is 11.5 Å². The Hall–Kier alpha value is -0.630. The predicted octanol–water partition coefficient (Wildman–Crippen LogP) is 5.69. The molecule has 108 valence electrons. The van der Waals surface area contributed by atoms with Crippen molar-refractivity contribution in [2.24, 2.45) is 7.05 Å². The summed E-state index contributed by atoms with van der Waals surface area (Å²) >= 11 is 12.2. The first-order valence-corrected chi connectivity index (χ1v) is 9.20. The molecule has 3 rings (SSSR count). The summed E-state index contributed by atoms with van der Waals surface area (Å²) in [6.45, 7) is 0. The molecule has 0 aliphatic carbocycles. The number of benzene rings is 1. The van der Waals surface area contributed by atoms with E-state index in [1.807, 2.05) is 31.3 Å². The topological polar surface area (TPSA) is 43.8 Å². The molecule has 0 aliphatic heterocycles. The summed E-state index contributed by atoms with van der Waals surface area (Å²) in [5.74, 6) is 0.650. The van der Waals surface area contributed by atoms with Crippen LogP contribution in [0.5, 0.6) is 0 Å². The van der Waals surface area contributed by atoms with E-state index in [2.05, 4.69) is 59.0 Å². The Labute approximate surface area is 151 Å². The minimum atomic E-state index is 0.650. The van der Waals surface area contributed by atoms with Gasteiger partial charge in [-0.2, -0.15) is 5.10 Å². The highest BCUT2D eigenvalue weighted by Crippen LogP contribution is 2.43. The van der Waals surface area contributed by atoms with E-state index in [1.54, 1.807) is 16.0 Å². The Morgan fingerprint density at radius 2 is 1.95 bits per heavy atom. The van der Waals surface area contributed by atoms with Crippen LogP contribution in [0.4, 0.5) is 5.82 Å². The third kappa shape index (κ3) is 2.84. The molecule has 0 amide bonds. The van der Waals surface area contributed by atoms with Crippen LogP contribution in [0.15, 0.2) is 42.4 Å². The van der Waals surface area contributed by atoms with Gasteiger partial charge in [0.25, 0.3) is 0 Å². The molecule has 0 fully saturated rings. The summed E-state index contributed by atoms with van der Waals surface area (Å²) in [6.07, 6.45) is 0. The van der Waals surface area contributed by atoms with Crippen LogP contribution in [0.25, 0.3) is 22.4 Å². The van der Waals surface area contributed by atoms with Crippen LogP contribution in [0.2, 0.25) is 0 Å². The monoisotopic (exact) mass is 489 g/mol. The molecule has 2 aromatic heterocycles. The number of hydrogen-bond donors (Lipinski definition) is 1. The van der Waals surface area contributed by atoms with Crippen molar-refractivity contribution < 1.29 is 0 Å². The van der Waals surface area contributed by atoms with E-state index in [0.29, 0.717) is 5.82 Å². The van der Waals surface area contributed by atoms with Crippen molar-refractivity contribution in [1.29, 1.82) is 0 Å². The number of nitrogen functional groups attached to an aromatic ring is 1. The SMILES string of the molecule is Cn1nc(-c2cc(Br)sc2Br)c(-c2cccc(Br)c2)c1N. The van der Waals surface area contributed by atoms with Gasteiger partial charge >= 0.3 is 0 Å². The van der Waals surface area contributed by atoms with Crippen molar-refractivity contribution >= 4 is 64.9 Å². The zero-order chi connectivity index (χ0) is 15.1. The van der Waals surface area contributed by atoms with Crippen LogP contribution < -0.4 is 5.73 Å². The third-order valence-electron chi connectivity index (χ3n) is 3.12. The number of halogens is 3. The molecule has 0 saturated carbocycles. The van der Waals surface area contributed by atoms with Crippen LogP contribution in [0.1, 0.15) is 0 Å². The smallest absolute Gasteiger partial charge is 0.129 e. The lowest BCUT2D eigenvalue weighted by Crippen LogP contribution is -1.97. The maximum absolute atomic E-state index is 6.24. The van der Waals surface area contributed by atoms with Crippen LogP contribution in [0.3, 0.4) is 0 Å². The first kappa shape index (κ1) is 15.3. The number of anilines is 1. The van der Waals surface area contributed by atoms with Crippen molar-refractivity contribution in [2.75, 3.05) is 5.73 Å². The van der Waals surface area contributed by atoms with Crippen molar-refractivity contribution in [3.05, 3.63) is 42.4 Å². The van der Waals surface area contributed by atoms with Crippen LogP contribution in [-0.2, 0) is 7.05 Å². The van der Waals surface area contributed by atoms with E-state index in [0.717, 1.165) is 34.4 Å². The number of aromatic nitrogens is 2. The molecule has 3 aromatic rings. The average Bonchev–Trinajstić information content (AvgIpc) is 2.90. The van der Waals surface area contributed by atoms with Gasteiger partial charge < -0.3 is 5.73 Å². The second kappa shape index (κ2) is 5.87. The second-order valence-electron chi connectivity index (χ2n) is 4.48. The molecule has 21 heavy (non-hydrogen) atoms. The third-order valence-corrected chi connectivity index (χ3v) is 5.95. The maximum atomic E-state index is 6.24. The fourth-order valence-corrected chi connectivity index (χ4v) is 5.36. The highest BCUT2D eigenvalue weighted by molar-refractivity contribution is 9.12. The lowest BCUT2D eigenvalue weighted by Gasteiger charge is -2.04. The van der Waals surface area contributed by atoms with Crippen molar-refractivity contribution in [2.45, 2.75) is 0 Å². The van der Waals surface area contributed by atoms with E-state index in [1.165, 1.54) is 0 Å². The Kier molecular flexibility index (Phi) is 4.27. The molecular formula is C14H10Br3N3S. The summed E-state index contributed by atoms with van der Waals surface area (Å²) in [7, 11) is 1.86. The van der Waals surface area contributed by atoms with E-state index >= 15 is 0 Å². The minimum absolute atomic E-state index is 0.650. The van der Waals surface area contributed by atoms with Gasteiger partial charge in [-0.25, -0.2) is 0 Å². The number of hydrogen-bond acceptors (Lipinski definition) is 3. The number of rotatable bonds is 2. The maximum Gasteiger partial charge on any atom is 0.129 e. The van der Waals surface area contributed by atoms with Gasteiger partial charge in [0.05, 0.1) is 13.1 Å². The Bertz CT molecular complexity index is 823. The molecule has 0 aliphatic rings. The molecule has 0 bridgehead atoms.